The number of carbonyl (C=O) groups excluding carboxylic acids is 2. The number of nitrogens with zero attached hydrogens (tertiary/aromatic N) is 1. The minimum atomic E-state index is -0.395. The zero-order valence-electron chi connectivity index (χ0n) is 5.05. The summed E-state index contributed by atoms with van der Waals surface area (Å²) in [5.74, 6) is 4.00. The van der Waals surface area contributed by atoms with Gasteiger partial charge >= 0.3 is 0 Å². The van der Waals surface area contributed by atoms with Gasteiger partial charge in [0, 0.05) is 0 Å². The first-order chi connectivity index (χ1) is 4.72. The summed E-state index contributed by atoms with van der Waals surface area (Å²) in [6, 6.07) is 0. The van der Waals surface area contributed by atoms with E-state index >= 15 is 0 Å². The molecule has 2 amide bonds. The highest BCUT2D eigenvalue weighted by molar-refractivity contribution is 6.15. The Kier molecular flexibility index (Phi) is 1.53. The molecule has 0 bridgehead atoms. The second-order valence-corrected chi connectivity index (χ2v) is 1.75. The lowest BCUT2D eigenvalue weighted by Crippen LogP contribution is -2.51. The molecule has 1 heterocycles. The molecule has 0 aromatic carbocycles. The average molecular weight is 142 g/mol. The van der Waals surface area contributed by atoms with E-state index in [1.807, 2.05) is 0 Å². The fourth-order valence-corrected chi connectivity index (χ4v) is 0.594. The van der Waals surface area contributed by atoms with Crippen molar-refractivity contribution >= 4 is 17.8 Å². The van der Waals surface area contributed by atoms with Gasteiger partial charge in [-0.1, -0.05) is 0 Å². The molecule has 1 aliphatic heterocycles. The van der Waals surface area contributed by atoms with Crippen molar-refractivity contribution in [2.75, 3.05) is 0 Å². The molecule has 0 unspecified atom stereocenters. The third-order valence-corrected chi connectivity index (χ3v) is 0.966. The van der Waals surface area contributed by atoms with Crippen LogP contribution in [0.5, 0.6) is 0 Å². The fraction of sp³-hybridized carbons (Fsp3) is 0.250. The monoisotopic (exact) mass is 142 g/mol. The fourth-order valence-electron chi connectivity index (χ4n) is 0.594. The highest BCUT2D eigenvalue weighted by Crippen LogP contribution is 1.85. The van der Waals surface area contributed by atoms with Crippen molar-refractivity contribution in [3.05, 3.63) is 0 Å². The Balaban J connectivity index is 2.68. The molecule has 4 N–H and O–H groups in total. The van der Waals surface area contributed by atoms with Crippen LogP contribution in [0.1, 0.15) is 6.42 Å². The highest BCUT2D eigenvalue weighted by Gasteiger charge is 2.18. The molecule has 0 saturated carbocycles. The normalized spacial score (nSPS) is 17.8. The molecular weight excluding hydrogens is 136 g/mol. The minimum Gasteiger partial charge on any atom is -0.320 e. The van der Waals surface area contributed by atoms with E-state index in [0.717, 1.165) is 0 Å². The van der Waals surface area contributed by atoms with E-state index in [1.54, 1.807) is 0 Å². The molecule has 0 aromatic heterocycles. The van der Waals surface area contributed by atoms with Crippen LogP contribution >= 0.6 is 0 Å². The molecule has 0 aromatic rings. The van der Waals surface area contributed by atoms with Crippen LogP contribution in [0.3, 0.4) is 0 Å². The van der Waals surface area contributed by atoms with Gasteiger partial charge in [0.15, 0.2) is 0 Å². The largest absolute Gasteiger partial charge is 0.320 e. The zero-order chi connectivity index (χ0) is 7.56. The van der Waals surface area contributed by atoms with Gasteiger partial charge in [0.1, 0.15) is 6.42 Å². The van der Waals surface area contributed by atoms with Crippen molar-refractivity contribution in [2.24, 2.45) is 10.9 Å². The first-order valence-corrected chi connectivity index (χ1v) is 2.60. The molecule has 0 aliphatic carbocycles. The third kappa shape index (κ3) is 1.22. The molecule has 1 aliphatic rings. The van der Waals surface area contributed by atoms with Crippen LogP contribution in [0, 0.1) is 0 Å². The van der Waals surface area contributed by atoms with Crippen LogP contribution in [0.25, 0.3) is 0 Å². The Morgan fingerprint density at radius 3 is 2.20 bits per heavy atom. The molecule has 1 saturated heterocycles. The molecule has 0 spiro atoms. The first-order valence-electron chi connectivity index (χ1n) is 2.60. The number of hydrogen-bond acceptors (Lipinski definition) is 4. The molecule has 0 atom stereocenters. The van der Waals surface area contributed by atoms with Gasteiger partial charge in [0.2, 0.25) is 17.8 Å². The highest BCUT2D eigenvalue weighted by atomic mass is 16.2. The molecule has 10 heavy (non-hydrogen) atoms. The van der Waals surface area contributed by atoms with Crippen LogP contribution in [0.2, 0.25) is 0 Å². The van der Waals surface area contributed by atoms with Crippen LogP contribution in [-0.2, 0) is 9.59 Å². The molecular formula is C4H6N4O2. The lowest BCUT2D eigenvalue weighted by atomic mass is 10.3. The molecule has 0 radical (unpaired) electrons. The van der Waals surface area contributed by atoms with Gasteiger partial charge in [-0.2, -0.15) is 0 Å². The maximum Gasteiger partial charge on any atom is 0.236 e. The lowest BCUT2D eigenvalue weighted by molar-refractivity contribution is -0.129. The number of hydrazone groups is 1. The number of carbonyl (C=O) groups is 2. The van der Waals surface area contributed by atoms with E-state index in [4.69, 9.17) is 5.84 Å². The summed E-state index contributed by atoms with van der Waals surface area (Å²) in [5, 5.41) is 7.60. The summed E-state index contributed by atoms with van der Waals surface area (Å²) in [6.45, 7) is 0. The molecule has 54 valence electrons. The van der Waals surface area contributed by atoms with E-state index < -0.39 is 11.8 Å². The van der Waals surface area contributed by atoms with Crippen LogP contribution < -0.4 is 16.5 Å². The zero-order valence-corrected chi connectivity index (χ0v) is 5.05. The lowest BCUT2D eigenvalue weighted by Gasteiger charge is -2.13. The van der Waals surface area contributed by atoms with Crippen molar-refractivity contribution in [1.82, 2.24) is 10.6 Å². The number of amides is 2. The number of guanidine groups is 1. The van der Waals surface area contributed by atoms with Gasteiger partial charge in [-0.3, -0.25) is 20.2 Å². The van der Waals surface area contributed by atoms with Crippen LogP contribution in [0.4, 0.5) is 0 Å². The molecule has 6 nitrogen and oxygen atoms in total. The Bertz CT molecular complexity index is 191. The van der Waals surface area contributed by atoms with Crippen molar-refractivity contribution in [1.29, 1.82) is 0 Å². The van der Waals surface area contributed by atoms with Gasteiger partial charge in [0.25, 0.3) is 0 Å². The van der Waals surface area contributed by atoms with Gasteiger partial charge in [0.05, 0.1) is 0 Å². The third-order valence-electron chi connectivity index (χ3n) is 0.966. The standard InChI is InChI=1S/C4H6N4O2/c5-8-4-6-2(9)1-3(10)7-4/h1,5H2,(H2,6,7,8,9,10). The Hall–Kier alpha value is -1.59. The minimum absolute atomic E-state index is 0.00116. The number of nitrogens with one attached hydrogen (secondary N) is 2. The van der Waals surface area contributed by atoms with Crippen LogP contribution in [0.15, 0.2) is 5.10 Å². The number of hydrogen-bond donors (Lipinski definition) is 3. The van der Waals surface area contributed by atoms with Crippen molar-refractivity contribution in [2.45, 2.75) is 6.42 Å². The van der Waals surface area contributed by atoms with E-state index in [-0.39, 0.29) is 12.4 Å². The molecule has 6 heteroatoms. The predicted octanol–water partition coefficient (Wildman–Crippen LogP) is -2.15. The number of nitrogens with two attached hydrogens (primary N) is 1. The Labute approximate surface area is 56.5 Å². The maximum absolute atomic E-state index is 10.5. The molecule has 1 rings (SSSR count). The second-order valence-electron chi connectivity index (χ2n) is 1.75. The predicted molar refractivity (Wildman–Crippen MR) is 32.5 cm³/mol. The van der Waals surface area contributed by atoms with Gasteiger partial charge in [-0.25, -0.2) is 0 Å². The van der Waals surface area contributed by atoms with Gasteiger partial charge in [-0.05, 0) is 0 Å². The van der Waals surface area contributed by atoms with E-state index in [0.29, 0.717) is 0 Å². The van der Waals surface area contributed by atoms with E-state index in [2.05, 4.69) is 15.7 Å². The quantitative estimate of drug-likeness (QED) is 0.204. The van der Waals surface area contributed by atoms with Crippen molar-refractivity contribution in [3.8, 4) is 0 Å². The summed E-state index contributed by atoms with van der Waals surface area (Å²) in [7, 11) is 0. The van der Waals surface area contributed by atoms with Gasteiger partial charge in [-0.15, -0.1) is 5.10 Å². The maximum atomic E-state index is 10.5. The average Bonchev–Trinajstić information content (AvgIpc) is 1.85. The number of rotatable bonds is 0. The van der Waals surface area contributed by atoms with Crippen molar-refractivity contribution < 1.29 is 9.59 Å². The van der Waals surface area contributed by atoms with E-state index in [1.165, 1.54) is 0 Å². The van der Waals surface area contributed by atoms with Crippen LogP contribution in [-0.4, -0.2) is 17.8 Å². The van der Waals surface area contributed by atoms with Crippen molar-refractivity contribution in [3.63, 3.8) is 0 Å². The smallest absolute Gasteiger partial charge is 0.236 e. The Morgan fingerprint density at radius 2 is 1.80 bits per heavy atom. The summed E-state index contributed by atoms with van der Waals surface area (Å²) in [4.78, 5) is 21.1. The summed E-state index contributed by atoms with van der Waals surface area (Å²) < 4.78 is 0. The van der Waals surface area contributed by atoms with E-state index in [9.17, 15) is 9.59 Å². The SMILES string of the molecule is NN=C1NC(=O)CC(=O)N1. The topological polar surface area (TPSA) is 96.6 Å². The Morgan fingerprint density at radius 1 is 1.30 bits per heavy atom. The second kappa shape index (κ2) is 2.34. The summed E-state index contributed by atoms with van der Waals surface area (Å²) >= 11 is 0. The van der Waals surface area contributed by atoms with Gasteiger partial charge < -0.3 is 5.84 Å². The molecule has 1 fully saturated rings. The summed E-state index contributed by atoms with van der Waals surface area (Å²) in [6.07, 6.45) is -0.168. The first kappa shape index (κ1) is 6.53. The summed E-state index contributed by atoms with van der Waals surface area (Å²) in [5.41, 5.74) is 0.